The highest BCUT2D eigenvalue weighted by Crippen LogP contribution is 2.36. The monoisotopic (exact) mass is 432 g/mol. The van der Waals surface area contributed by atoms with E-state index in [9.17, 15) is 9.90 Å². The average molecular weight is 433 g/mol. The van der Waals surface area contributed by atoms with E-state index in [1.807, 2.05) is 66.1 Å². The third-order valence-electron chi connectivity index (χ3n) is 4.98. The second-order valence-corrected chi connectivity index (χ2v) is 7.66. The number of hydrogen-bond donors (Lipinski definition) is 2. The molecule has 0 atom stereocenters. The lowest BCUT2D eigenvalue weighted by Gasteiger charge is -2.17. The van der Waals surface area contributed by atoms with Gasteiger partial charge in [-0.15, -0.1) is 0 Å². The summed E-state index contributed by atoms with van der Waals surface area (Å²) in [6.45, 7) is 2.36. The fraction of sp³-hybridized carbons (Fsp3) is 0.0800. The molecule has 1 heterocycles. The van der Waals surface area contributed by atoms with Gasteiger partial charge in [0.05, 0.1) is 11.3 Å². The summed E-state index contributed by atoms with van der Waals surface area (Å²) >= 11 is 6.32. The summed E-state index contributed by atoms with van der Waals surface area (Å²) in [6, 6.07) is 24.1. The molecule has 0 bridgehead atoms. The van der Waals surface area contributed by atoms with Gasteiger partial charge in [-0.05, 0) is 61.0 Å². The van der Waals surface area contributed by atoms with E-state index in [0.29, 0.717) is 28.8 Å². The van der Waals surface area contributed by atoms with Crippen molar-refractivity contribution in [2.24, 2.45) is 0 Å². The van der Waals surface area contributed by atoms with Crippen molar-refractivity contribution in [3.05, 3.63) is 101 Å². The van der Waals surface area contributed by atoms with Crippen LogP contribution in [0.1, 0.15) is 21.6 Å². The number of nitrogens with zero attached hydrogens (tertiary/aromatic N) is 1. The van der Waals surface area contributed by atoms with E-state index < -0.39 is 5.97 Å². The number of aromatic nitrogens is 1. The van der Waals surface area contributed by atoms with Crippen LogP contribution in [0.3, 0.4) is 0 Å². The number of aromatic carboxylic acids is 1. The minimum absolute atomic E-state index is 0.126. The second-order valence-electron chi connectivity index (χ2n) is 7.23. The number of carboxylic acids is 1. The zero-order chi connectivity index (χ0) is 22.0. The predicted octanol–water partition coefficient (Wildman–Crippen LogP) is 5.97. The first-order chi connectivity index (χ1) is 14.9. The van der Waals surface area contributed by atoms with Gasteiger partial charge in [0.15, 0.2) is 0 Å². The maximum absolute atomic E-state index is 11.5. The Kier molecular flexibility index (Phi) is 5.69. The van der Waals surface area contributed by atoms with Crippen molar-refractivity contribution in [1.82, 2.24) is 4.57 Å². The van der Waals surface area contributed by atoms with Gasteiger partial charge >= 0.3 is 5.97 Å². The van der Waals surface area contributed by atoms with Crippen molar-refractivity contribution < 1.29 is 14.6 Å². The Hall–Kier alpha value is -3.70. The van der Waals surface area contributed by atoms with Crippen LogP contribution in [0, 0.1) is 6.92 Å². The van der Waals surface area contributed by atoms with Crippen LogP contribution in [0.25, 0.3) is 16.9 Å². The van der Waals surface area contributed by atoms with Crippen LogP contribution >= 0.6 is 11.6 Å². The van der Waals surface area contributed by atoms with Crippen LogP contribution in [0.15, 0.2) is 78.9 Å². The molecule has 6 heteroatoms. The van der Waals surface area contributed by atoms with E-state index in [2.05, 4.69) is 0 Å². The Morgan fingerprint density at radius 3 is 2.55 bits per heavy atom. The Labute approximate surface area is 185 Å². The average Bonchev–Trinajstić information content (AvgIpc) is 3.14. The van der Waals surface area contributed by atoms with E-state index >= 15 is 0 Å². The molecule has 0 aliphatic heterocycles. The zero-order valence-electron chi connectivity index (χ0n) is 16.9. The Morgan fingerprint density at radius 1 is 1.03 bits per heavy atom. The van der Waals surface area contributed by atoms with E-state index in [0.717, 1.165) is 22.5 Å². The number of anilines is 1. The van der Waals surface area contributed by atoms with Gasteiger partial charge in [-0.2, -0.15) is 0 Å². The van der Waals surface area contributed by atoms with Crippen LogP contribution in [0.5, 0.6) is 5.75 Å². The number of nitrogens with two attached hydrogens (primary N) is 1. The molecule has 0 saturated carbocycles. The van der Waals surface area contributed by atoms with E-state index in [4.69, 9.17) is 22.1 Å². The summed E-state index contributed by atoms with van der Waals surface area (Å²) in [4.78, 5) is 11.5. The first-order valence-corrected chi connectivity index (χ1v) is 10.1. The number of halogens is 1. The van der Waals surface area contributed by atoms with Gasteiger partial charge in [0, 0.05) is 27.7 Å². The smallest absolute Gasteiger partial charge is 0.335 e. The normalized spacial score (nSPS) is 10.8. The van der Waals surface area contributed by atoms with Gasteiger partial charge in [0.25, 0.3) is 0 Å². The molecule has 0 fully saturated rings. The summed E-state index contributed by atoms with van der Waals surface area (Å²) < 4.78 is 8.08. The lowest BCUT2D eigenvalue weighted by Crippen LogP contribution is -2.05. The van der Waals surface area contributed by atoms with Crippen LogP contribution in [-0.2, 0) is 6.61 Å². The highest BCUT2D eigenvalue weighted by molar-refractivity contribution is 6.31. The molecule has 0 unspecified atom stereocenters. The first kappa shape index (κ1) is 20.6. The number of hydrogen-bond acceptors (Lipinski definition) is 3. The molecule has 0 spiro atoms. The molecule has 31 heavy (non-hydrogen) atoms. The van der Waals surface area contributed by atoms with Gasteiger partial charge in [-0.1, -0.05) is 41.9 Å². The molecule has 0 aliphatic carbocycles. The largest absolute Gasteiger partial charge is 0.488 e. The number of aryl methyl sites for hydroxylation is 1. The number of benzene rings is 3. The van der Waals surface area contributed by atoms with Gasteiger partial charge < -0.3 is 20.1 Å². The molecule has 1 aromatic heterocycles. The van der Waals surface area contributed by atoms with Gasteiger partial charge in [0.1, 0.15) is 12.4 Å². The van der Waals surface area contributed by atoms with Crippen molar-refractivity contribution in [3.8, 4) is 22.7 Å². The molecular formula is C25H21ClN2O3. The molecular weight excluding hydrogens is 412 g/mol. The standard InChI is InChI=1S/C25H21ClN2O3/c1-16-7-9-23(28(16)21-12-18(25(29)30)11-20(27)14-21)22-13-19(26)8-10-24(22)31-15-17-5-3-2-4-6-17/h2-14H,15,27H2,1H3,(H,29,30). The molecule has 3 N–H and O–H groups in total. The lowest BCUT2D eigenvalue weighted by molar-refractivity contribution is 0.0697. The summed E-state index contributed by atoms with van der Waals surface area (Å²) in [5.74, 6) is -0.357. The molecule has 156 valence electrons. The lowest BCUT2D eigenvalue weighted by atomic mass is 10.1. The molecule has 0 aliphatic rings. The Balaban J connectivity index is 1.80. The van der Waals surface area contributed by atoms with E-state index in [1.54, 1.807) is 18.2 Å². The first-order valence-electron chi connectivity index (χ1n) is 9.71. The van der Waals surface area contributed by atoms with Crippen molar-refractivity contribution in [2.45, 2.75) is 13.5 Å². The van der Waals surface area contributed by atoms with Gasteiger partial charge in [-0.3, -0.25) is 0 Å². The molecule has 0 saturated heterocycles. The van der Waals surface area contributed by atoms with Crippen molar-refractivity contribution >= 4 is 23.3 Å². The molecule has 3 aromatic carbocycles. The van der Waals surface area contributed by atoms with Crippen molar-refractivity contribution in [3.63, 3.8) is 0 Å². The number of carbonyl (C=O) groups is 1. The topological polar surface area (TPSA) is 77.5 Å². The van der Waals surface area contributed by atoms with Crippen LogP contribution in [0.2, 0.25) is 5.02 Å². The highest BCUT2D eigenvalue weighted by Gasteiger charge is 2.17. The maximum atomic E-state index is 11.5. The third-order valence-corrected chi connectivity index (χ3v) is 5.21. The quantitative estimate of drug-likeness (QED) is 0.368. The molecule has 0 amide bonds. The third kappa shape index (κ3) is 4.42. The molecule has 0 radical (unpaired) electrons. The minimum atomic E-state index is -1.03. The molecule has 4 aromatic rings. The fourth-order valence-corrected chi connectivity index (χ4v) is 3.71. The summed E-state index contributed by atoms with van der Waals surface area (Å²) in [5.41, 5.74) is 10.7. The fourth-order valence-electron chi connectivity index (χ4n) is 3.54. The minimum Gasteiger partial charge on any atom is -0.488 e. The second kappa shape index (κ2) is 8.58. The molecule has 4 rings (SSSR count). The number of rotatable bonds is 6. The maximum Gasteiger partial charge on any atom is 0.335 e. The van der Waals surface area contributed by atoms with Crippen molar-refractivity contribution in [1.29, 1.82) is 0 Å². The van der Waals surface area contributed by atoms with Crippen LogP contribution < -0.4 is 10.5 Å². The molecule has 5 nitrogen and oxygen atoms in total. The highest BCUT2D eigenvalue weighted by atomic mass is 35.5. The SMILES string of the molecule is Cc1ccc(-c2cc(Cl)ccc2OCc2ccccc2)n1-c1cc(N)cc(C(=O)O)c1. The zero-order valence-corrected chi connectivity index (χ0v) is 17.6. The van der Waals surface area contributed by atoms with Crippen LogP contribution in [0.4, 0.5) is 5.69 Å². The van der Waals surface area contributed by atoms with E-state index in [-0.39, 0.29) is 5.56 Å². The number of ether oxygens (including phenoxy) is 1. The van der Waals surface area contributed by atoms with Gasteiger partial charge in [0.2, 0.25) is 0 Å². The number of nitrogen functional groups attached to an aromatic ring is 1. The summed E-state index contributed by atoms with van der Waals surface area (Å²) in [5, 5.41) is 10.0. The van der Waals surface area contributed by atoms with Crippen molar-refractivity contribution in [2.75, 3.05) is 5.73 Å². The summed E-state index contributed by atoms with van der Waals surface area (Å²) in [6.07, 6.45) is 0. The van der Waals surface area contributed by atoms with Crippen LogP contribution in [-0.4, -0.2) is 15.6 Å². The van der Waals surface area contributed by atoms with E-state index in [1.165, 1.54) is 6.07 Å². The van der Waals surface area contributed by atoms with Gasteiger partial charge in [-0.25, -0.2) is 4.79 Å². The number of carboxylic acid groups (broad SMARTS) is 1. The Morgan fingerprint density at radius 2 is 1.81 bits per heavy atom. The Bertz CT molecular complexity index is 1250. The summed E-state index contributed by atoms with van der Waals surface area (Å²) in [7, 11) is 0. The predicted molar refractivity (Wildman–Crippen MR) is 123 cm³/mol.